The molecule has 2 aromatic rings. The van der Waals surface area contributed by atoms with Crippen molar-refractivity contribution < 1.29 is 9.59 Å². The topological polar surface area (TPSA) is 115 Å². The van der Waals surface area contributed by atoms with E-state index in [1.165, 1.54) is 11.8 Å². The normalized spacial score (nSPS) is 14.8. The van der Waals surface area contributed by atoms with Gasteiger partial charge in [-0.25, -0.2) is 9.78 Å². The van der Waals surface area contributed by atoms with Gasteiger partial charge in [-0.1, -0.05) is 0 Å². The van der Waals surface area contributed by atoms with E-state index in [-0.39, 0.29) is 5.78 Å². The van der Waals surface area contributed by atoms with Gasteiger partial charge in [0.1, 0.15) is 5.82 Å². The molecule has 4 N–H and O–H groups in total. The second-order valence-corrected chi connectivity index (χ2v) is 5.85. The van der Waals surface area contributed by atoms with Crippen molar-refractivity contribution in [1.29, 1.82) is 0 Å². The lowest BCUT2D eigenvalue weighted by atomic mass is 9.94. The van der Waals surface area contributed by atoms with Crippen molar-refractivity contribution in [2.45, 2.75) is 25.8 Å². The fourth-order valence-corrected chi connectivity index (χ4v) is 2.96. The molecule has 0 fully saturated rings. The number of aromatic nitrogens is 2. The summed E-state index contributed by atoms with van der Waals surface area (Å²) in [5, 5.41) is 0. The van der Waals surface area contributed by atoms with Crippen LogP contribution in [0, 0.1) is 0 Å². The third-order valence-corrected chi connectivity index (χ3v) is 4.23. The number of amides is 2. The summed E-state index contributed by atoms with van der Waals surface area (Å²) in [6.07, 6.45) is 6.59. The first kappa shape index (κ1) is 16.1. The van der Waals surface area contributed by atoms with E-state index in [0.29, 0.717) is 17.9 Å². The molecule has 1 aliphatic heterocycles. The summed E-state index contributed by atoms with van der Waals surface area (Å²) < 4.78 is 0. The lowest BCUT2D eigenvalue weighted by Crippen LogP contribution is -2.40. The molecule has 3 heterocycles. The Labute approximate surface area is 139 Å². The number of fused-ring (bicyclic) bond motifs is 1. The first-order chi connectivity index (χ1) is 11.5. The summed E-state index contributed by atoms with van der Waals surface area (Å²) in [6.45, 7) is 2.03. The van der Waals surface area contributed by atoms with E-state index in [1.807, 2.05) is 6.07 Å². The van der Waals surface area contributed by atoms with Gasteiger partial charge in [-0.05, 0) is 43.0 Å². The Hall–Kier alpha value is -2.80. The number of urea groups is 1. The number of primary amides is 1. The molecule has 1 unspecified atom stereocenters. The molecular formula is C17H19N5O2. The number of anilines is 1. The van der Waals surface area contributed by atoms with Gasteiger partial charge in [0.25, 0.3) is 0 Å². The second kappa shape index (κ2) is 6.37. The zero-order chi connectivity index (χ0) is 17.3. The van der Waals surface area contributed by atoms with Crippen molar-refractivity contribution in [2.24, 2.45) is 11.5 Å². The molecule has 0 bridgehead atoms. The minimum Gasteiger partial charge on any atom is -0.351 e. The smallest absolute Gasteiger partial charge is 0.320 e. The summed E-state index contributed by atoms with van der Waals surface area (Å²) in [5.74, 6) is 0.479. The van der Waals surface area contributed by atoms with Gasteiger partial charge in [-0.15, -0.1) is 0 Å². The van der Waals surface area contributed by atoms with Gasteiger partial charge in [0, 0.05) is 36.3 Å². The van der Waals surface area contributed by atoms with Gasteiger partial charge in [-0.3, -0.25) is 14.7 Å². The number of hydrogen-bond acceptors (Lipinski definition) is 5. The van der Waals surface area contributed by atoms with Crippen molar-refractivity contribution in [2.75, 3.05) is 11.4 Å². The van der Waals surface area contributed by atoms with Crippen LogP contribution in [-0.2, 0) is 11.2 Å². The molecule has 124 valence electrons. The maximum Gasteiger partial charge on any atom is 0.320 e. The summed E-state index contributed by atoms with van der Waals surface area (Å²) in [4.78, 5) is 33.2. The Morgan fingerprint density at radius 3 is 2.83 bits per heavy atom. The lowest BCUT2D eigenvalue weighted by Gasteiger charge is -2.27. The van der Waals surface area contributed by atoms with Crippen LogP contribution in [0.25, 0.3) is 11.1 Å². The van der Waals surface area contributed by atoms with Crippen molar-refractivity contribution in [3.05, 3.63) is 41.9 Å². The van der Waals surface area contributed by atoms with Crippen LogP contribution in [0.3, 0.4) is 0 Å². The Morgan fingerprint density at radius 1 is 1.33 bits per heavy atom. The average Bonchev–Trinajstić information content (AvgIpc) is 2.59. The molecular weight excluding hydrogens is 306 g/mol. The average molecular weight is 325 g/mol. The van der Waals surface area contributed by atoms with Crippen LogP contribution in [0.1, 0.15) is 30.5 Å². The Balaban J connectivity index is 2.06. The largest absolute Gasteiger partial charge is 0.351 e. The third-order valence-electron chi connectivity index (χ3n) is 4.23. The van der Waals surface area contributed by atoms with Crippen LogP contribution in [-0.4, -0.2) is 28.3 Å². The van der Waals surface area contributed by atoms with E-state index in [9.17, 15) is 9.59 Å². The van der Waals surface area contributed by atoms with Crippen LogP contribution in [0.15, 0.2) is 30.7 Å². The Bertz CT molecular complexity index is 805. The maximum atomic E-state index is 11.7. The fourth-order valence-electron chi connectivity index (χ4n) is 2.96. The van der Waals surface area contributed by atoms with E-state index in [0.717, 1.165) is 29.5 Å². The zero-order valence-electron chi connectivity index (χ0n) is 13.4. The van der Waals surface area contributed by atoms with Crippen molar-refractivity contribution >= 4 is 17.6 Å². The van der Waals surface area contributed by atoms with E-state index >= 15 is 0 Å². The highest BCUT2D eigenvalue weighted by atomic mass is 16.2. The summed E-state index contributed by atoms with van der Waals surface area (Å²) in [6, 6.07) is 2.50. The predicted octanol–water partition coefficient (Wildman–Crippen LogP) is 1.56. The van der Waals surface area contributed by atoms with Crippen LogP contribution in [0.5, 0.6) is 0 Å². The number of nitrogens with zero attached hydrogens (tertiary/aromatic N) is 3. The minimum absolute atomic E-state index is 0.117. The van der Waals surface area contributed by atoms with E-state index in [2.05, 4.69) is 9.97 Å². The molecule has 0 saturated carbocycles. The molecule has 1 aliphatic rings. The Kier molecular flexibility index (Phi) is 4.26. The number of hydrogen-bond donors (Lipinski definition) is 2. The third kappa shape index (κ3) is 2.85. The maximum absolute atomic E-state index is 11.7. The predicted molar refractivity (Wildman–Crippen MR) is 90.3 cm³/mol. The van der Waals surface area contributed by atoms with Crippen LogP contribution >= 0.6 is 0 Å². The van der Waals surface area contributed by atoms with Gasteiger partial charge >= 0.3 is 6.03 Å². The fraction of sp³-hybridized carbons (Fsp3) is 0.294. The van der Waals surface area contributed by atoms with Gasteiger partial charge < -0.3 is 11.5 Å². The quantitative estimate of drug-likeness (QED) is 0.888. The molecule has 2 aromatic heterocycles. The van der Waals surface area contributed by atoms with Gasteiger partial charge in [0.05, 0.1) is 6.04 Å². The molecule has 0 spiro atoms. The van der Waals surface area contributed by atoms with Crippen molar-refractivity contribution in [3.8, 4) is 11.1 Å². The molecule has 24 heavy (non-hydrogen) atoms. The standard InChI is InChI=1S/C17H19N5O2/c1-10(23)15(18)13-4-5-20-9-14(13)12-7-11-3-2-6-22(17(19)24)16(11)21-8-12/h4-5,7-9,15H,2-3,6,18H2,1H3,(H2,19,24). The van der Waals surface area contributed by atoms with Gasteiger partial charge in [0.2, 0.25) is 0 Å². The van der Waals surface area contributed by atoms with E-state index in [4.69, 9.17) is 11.5 Å². The number of carbonyl (C=O) groups excluding carboxylic acids is 2. The number of carbonyl (C=O) groups is 2. The minimum atomic E-state index is -0.707. The SMILES string of the molecule is CC(=O)C(N)c1ccncc1-c1cnc2c(c1)CCCN2C(N)=O. The first-order valence-corrected chi connectivity index (χ1v) is 7.75. The lowest BCUT2D eigenvalue weighted by molar-refractivity contribution is -0.118. The summed E-state index contributed by atoms with van der Waals surface area (Å²) >= 11 is 0. The van der Waals surface area contributed by atoms with Gasteiger partial charge in [0.15, 0.2) is 5.78 Å². The molecule has 0 radical (unpaired) electrons. The number of Topliss-reactive ketones (excluding diaryl/α,β-unsaturated/α-hetero) is 1. The number of nitrogens with two attached hydrogens (primary N) is 2. The highest BCUT2D eigenvalue weighted by molar-refractivity contribution is 5.91. The molecule has 0 saturated heterocycles. The van der Waals surface area contributed by atoms with Crippen molar-refractivity contribution in [3.63, 3.8) is 0 Å². The zero-order valence-corrected chi connectivity index (χ0v) is 13.4. The van der Waals surface area contributed by atoms with Gasteiger partial charge in [-0.2, -0.15) is 0 Å². The molecule has 7 heteroatoms. The van der Waals surface area contributed by atoms with Crippen LogP contribution in [0.4, 0.5) is 10.6 Å². The number of aryl methyl sites for hydroxylation is 1. The molecule has 0 aromatic carbocycles. The number of ketones is 1. The van der Waals surface area contributed by atoms with E-state index < -0.39 is 12.1 Å². The summed E-state index contributed by atoms with van der Waals surface area (Å²) in [5.41, 5.74) is 14.7. The highest BCUT2D eigenvalue weighted by Gasteiger charge is 2.23. The Morgan fingerprint density at radius 2 is 2.12 bits per heavy atom. The van der Waals surface area contributed by atoms with Crippen LogP contribution < -0.4 is 16.4 Å². The first-order valence-electron chi connectivity index (χ1n) is 7.75. The van der Waals surface area contributed by atoms with Crippen LogP contribution in [0.2, 0.25) is 0 Å². The summed E-state index contributed by atoms with van der Waals surface area (Å²) in [7, 11) is 0. The highest BCUT2D eigenvalue weighted by Crippen LogP contribution is 2.32. The van der Waals surface area contributed by atoms with E-state index in [1.54, 1.807) is 24.7 Å². The number of rotatable bonds is 3. The number of pyridine rings is 2. The monoisotopic (exact) mass is 325 g/mol. The second-order valence-electron chi connectivity index (χ2n) is 5.85. The van der Waals surface area contributed by atoms with Crippen molar-refractivity contribution in [1.82, 2.24) is 9.97 Å². The molecule has 0 aliphatic carbocycles. The molecule has 7 nitrogen and oxygen atoms in total. The molecule has 1 atom stereocenters. The molecule has 2 amide bonds. The molecule has 3 rings (SSSR count).